The monoisotopic (exact) mass is 304 g/mol. The lowest BCUT2D eigenvalue weighted by molar-refractivity contribution is -0.138. The van der Waals surface area contributed by atoms with E-state index >= 15 is 0 Å². The van der Waals surface area contributed by atoms with E-state index in [4.69, 9.17) is 5.11 Å². The highest BCUT2D eigenvalue weighted by Gasteiger charge is 2.29. The molecule has 1 saturated heterocycles. The molecule has 3 rings (SSSR count). The topological polar surface area (TPSA) is 78.4 Å². The molecule has 0 radical (unpaired) electrons. The average molecular weight is 304 g/mol. The molecule has 0 amide bonds. The summed E-state index contributed by atoms with van der Waals surface area (Å²) in [6.07, 6.45) is 3.70. The second-order valence-electron chi connectivity index (χ2n) is 4.94. The van der Waals surface area contributed by atoms with Crippen molar-refractivity contribution in [2.45, 2.75) is 18.9 Å². The summed E-state index contributed by atoms with van der Waals surface area (Å²) in [6, 6.07) is 5.76. The Morgan fingerprint density at radius 1 is 1.52 bits per heavy atom. The molecule has 7 heteroatoms. The van der Waals surface area contributed by atoms with Gasteiger partial charge in [-0.25, -0.2) is 9.97 Å². The van der Waals surface area contributed by atoms with Crippen LogP contribution in [0, 0.1) is 0 Å². The first-order valence-electron chi connectivity index (χ1n) is 6.82. The third-order valence-electron chi connectivity index (χ3n) is 3.47. The van der Waals surface area contributed by atoms with E-state index in [2.05, 4.69) is 15.3 Å². The largest absolute Gasteiger partial charge is 0.480 e. The molecule has 1 fully saturated rings. The SMILES string of the molecule is O=C(O)CN1CCC[C@@H]1c1csc(Nc2ccccn2)n1. The Bertz CT molecular complexity index is 616. The molecule has 6 nitrogen and oxygen atoms in total. The first kappa shape index (κ1) is 14.0. The molecular formula is C14H16N4O2S. The maximum absolute atomic E-state index is 10.9. The third-order valence-corrected chi connectivity index (χ3v) is 4.24. The van der Waals surface area contributed by atoms with Gasteiger partial charge in [-0.1, -0.05) is 6.07 Å². The maximum atomic E-state index is 10.9. The molecule has 0 bridgehead atoms. The Hall–Kier alpha value is -1.99. The zero-order valence-corrected chi connectivity index (χ0v) is 12.2. The van der Waals surface area contributed by atoms with Crippen LogP contribution in [0.5, 0.6) is 0 Å². The minimum absolute atomic E-state index is 0.0746. The summed E-state index contributed by atoms with van der Waals surface area (Å²) >= 11 is 1.52. The van der Waals surface area contributed by atoms with Crippen molar-refractivity contribution in [1.82, 2.24) is 14.9 Å². The normalized spacial score (nSPS) is 18.8. The van der Waals surface area contributed by atoms with Gasteiger partial charge in [0, 0.05) is 11.6 Å². The number of carbonyl (C=O) groups is 1. The van der Waals surface area contributed by atoms with Crippen LogP contribution in [0.1, 0.15) is 24.6 Å². The quantitative estimate of drug-likeness (QED) is 0.883. The number of pyridine rings is 1. The molecule has 1 aliphatic heterocycles. The Morgan fingerprint density at radius 3 is 3.19 bits per heavy atom. The van der Waals surface area contributed by atoms with Gasteiger partial charge in [-0.2, -0.15) is 0 Å². The zero-order chi connectivity index (χ0) is 14.7. The Labute approximate surface area is 126 Å². The molecule has 0 aliphatic carbocycles. The predicted octanol–water partition coefficient (Wildman–Crippen LogP) is 2.50. The second kappa shape index (κ2) is 6.19. The summed E-state index contributed by atoms with van der Waals surface area (Å²) in [5.41, 5.74) is 0.942. The summed E-state index contributed by atoms with van der Waals surface area (Å²) < 4.78 is 0. The molecule has 0 unspecified atom stereocenters. The van der Waals surface area contributed by atoms with Gasteiger partial charge in [0.15, 0.2) is 5.13 Å². The number of hydrogen-bond donors (Lipinski definition) is 2. The van der Waals surface area contributed by atoms with E-state index in [0.717, 1.165) is 36.0 Å². The average Bonchev–Trinajstić information content (AvgIpc) is 3.08. The fourth-order valence-corrected chi connectivity index (χ4v) is 3.33. The summed E-state index contributed by atoms with van der Waals surface area (Å²) in [5, 5.41) is 14.9. The molecule has 2 aromatic rings. The molecular weight excluding hydrogens is 288 g/mol. The molecule has 3 heterocycles. The molecule has 1 aliphatic rings. The van der Waals surface area contributed by atoms with Crippen molar-refractivity contribution in [3.8, 4) is 0 Å². The summed E-state index contributed by atoms with van der Waals surface area (Å²) in [5.74, 6) is -0.0313. The molecule has 2 aromatic heterocycles. The first-order chi connectivity index (χ1) is 10.2. The standard InChI is InChI=1S/C14H16N4O2S/c19-13(20)8-18-7-3-4-11(18)10-9-21-14(16-10)17-12-5-1-2-6-15-12/h1-2,5-6,9,11H,3-4,7-8H2,(H,19,20)(H,15,16,17)/t11-/m1/s1. The van der Waals surface area contributed by atoms with Crippen molar-refractivity contribution >= 4 is 28.3 Å². The van der Waals surface area contributed by atoms with Gasteiger partial charge in [-0.3, -0.25) is 9.69 Å². The predicted molar refractivity (Wildman–Crippen MR) is 80.8 cm³/mol. The number of rotatable bonds is 5. The van der Waals surface area contributed by atoms with Gasteiger partial charge in [0.25, 0.3) is 0 Å². The van der Waals surface area contributed by atoms with Crippen LogP contribution < -0.4 is 5.32 Å². The number of anilines is 2. The highest BCUT2D eigenvalue weighted by atomic mass is 32.1. The second-order valence-corrected chi connectivity index (χ2v) is 5.80. The molecule has 0 aromatic carbocycles. The van der Waals surface area contributed by atoms with Crippen molar-refractivity contribution in [2.75, 3.05) is 18.4 Å². The van der Waals surface area contributed by atoms with Gasteiger partial charge in [-0.05, 0) is 31.5 Å². The smallest absolute Gasteiger partial charge is 0.317 e. The van der Waals surface area contributed by atoms with E-state index in [1.807, 2.05) is 28.5 Å². The van der Waals surface area contributed by atoms with E-state index in [0.29, 0.717) is 0 Å². The number of hydrogen-bond acceptors (Lipinski definition) is 6. The van der Waals surface area contributed by atoms with Crippen LogP contribution in [0.15, 0.2) is 29.8 Å². The van der Waals surface area contributed by atoms with Gasteiger partial charge < -0.3 is 10.4 Å². The van der Waals surface area contributed by atoms with Crippen LogP contribution in [0.4, 0.5) is 10.9 Å². The number of nitrogens with zero attached hydrogens (tertiary/aromatic N) is 3. The zero-order valence-electron chi connectivity index (χ0n) is 11.4. The van der Waals surface area contributed by atoms with Gasteiger partial charge in [0.2, 0.25) is 0 Å². The first-order valence-corrected chi connectivity index (χ1v) is 7.69. The molecule has 0 spiro atoms. The van der Waals surface area contributed by atoms with Gasteiger partial charge in [0.1, 0.15) is 5.82 Å². The number of likely N-dealkylation sites (tertiary alicyclic amines) is 1. The van der Waals surface area contributed by atoms with Gasteiger partial charge >= 0.3 is 5.97 Å². The lowest BCUT2D eigenvalue weighted by Crippen LogP contribution is -2.29. The van der Waals surface area contributed by atoms with Crippen molar-refractivity contribution < 1.29 is 9.90 Å². The van der Waals surface area contributed by atoms with E-state index < -0.39 is 5.97 Å². The number of aliphatic carboxylic acids is 1. The molecule has 110 valence electrons. The van der Waals surface area contributed by atoms with Crippen LogP contribution in [0.3, 0.4) is 0 Å². The molecule has 2 N–H and O–H groups in total. The van der Waals surface area contributed by atoms with E-state index in [9.17, 15) is 4.79 Å². The highest BCUT2D eigenvalue weighted by molar-refractivity contribution is 7.13. The molecule has 0 saturated carbocycles. The van der Waals surface area contributed by atoms with Crippen LogP contribution in [-0.2, 0) is 4.79 Å². The van der Waals surface area contributed by atoms with Crippen LogP contribution >= 0.6 is 11.3 Å². The Morgan fingerprint density at radius 2 is 2.43 bits per heavy atom. The number of nitrogens with one attached hydrogen (secondary N) is 1. The lowest BCUT2D eigenvalue weighted by atomic mass is 10.2. The fourth-order valence-electron chi connectivity index (χ4n) is 2.57. The lowest BCUT2D eigenvalue weighted by Gasteiger charge is -2.20. The highest BCUT2D eigenvalue weighted by Crippen LogP contribution is 2.33. The van der Waals surface area contributed by atoms with Crippen molar-refractivity contribution in [1.29, 1.82) is 0 Å². The van der Waals surface area contributed by atoms with Crippen molar-refractivity contribution in [2.24, 2.45) is 0 Å². The van der Waals surface area contributed by atoms with Gasteiger partial charge in [-0.15, -0.1) is 11.3 Å². The van der Waals surface area contributed by atoms with E-state index in [-0.39, 0.29) is 12.6 Å². The van der Waals surface area contributed by atoms with Crippen molar-refractivity contribution in [3.05, 3.63) is 35.5 Å². The van der Waals surface area contributed by atoms with Crippen LogP contribution in [-0.4, -0.2) is 39.0 Å². The summed E-state index contributed by atoms with van der Waals surface area (Å²) in [6.45, 7) is 0.892. The third kappa shape index (κ3) is 3.37. The Kier molecular flexibility index (Phi) is 4.12. The minimum Gasteiger partial charge on any atom is -0.480 e. The number of carboxylic acids is 1. The molecule has 1 atom stereocenters. The number of aromatic nitrogens is 2. The minimum atomic E-state index is -0.788. The van der Waals surface area contributed by atoms with Gasteiger partial charge in [0.05, 0.1) is 18.3 Å². The van der Waals surface area contributed by atoms with E-state index in [1.54, 1.807) is 6.20 Å². The summed E-state index contributed by atoms with van der Waals surface area (Å²) in [4.78, 5) is 21.7. The Balaban J connectivity index is 1.71. The van der Waals surface area contributed by atoms with Crippen molar-refractivity contribution in [3.63, 3.8) is 0 Å². The maximum Gasteiger partial charge on any atom is 0.317 e. The summed E-state index contributed by atoms with van der Waals surface area (Å²) in [7, 11) is 0. The van der Waals surface area contributed by atoms with Crippen LogP contribution in [0.2, 0.25) is 0 Å². The molecule has 21 heavy (non-hydrogen) atoms. The number of carboxylic acid groups (broad SMARTS) is 1. The fraction of sp³-hybridized carbons (Fsp3) is 0.357. The van der Waals surface area contributed by atoms with E-state index in [1.165, 1.54) is 11.3 Å². The van der Waals surface area contributed by atoms with Crippen LogP contribution in [0.25, 0.3) is 0 Å². The number of thiazole rings is 1.